The number of nitrogens with zero attached hydrogens (tertiary/aromatic N) is 2. The zero-order valence-electron chi connectivity index (χ0n) is 8.55. The van der Waals surface area contributed by atoms with Crippen molar-refractivity contribution in [2.75, 3.05) is 0 Å². The van der Waals surface area contributed by atoms with Gasteiger partial charge in [-0.15, -0.1) is 0 Å². The Morgan fingerprint density at radius 2 is 2.33 bits per heavy atom. The number of benzene rings is 1. The van der Waals surface area contributed by atoms with Gasteiger partial charge in [-0.1, -0.05) is 12.1 Å². The van der Waals surface area contributed by atoms with Gasteiger partial charge >= 0.3 is 0 Å². The zero-order chi connectivity index (χ0) is 10.7. The standard InChI is InChI=1S/C12H12N2O/c1-10-3-2-4-11(7-10)14-9-13-8-12(14)5-6-15/h2-4,6-9H,5H2,1H3. The highest BCUT2D eigenvalue weighted by atomic mass is 16.1. The van der Waals surface area contributed by atoms with Gasteiger partial charge in [-0.25, -0.2) is 4.98 Å². The van der Waals surface area contributed by atoms with Crippen molar-refractivity contribution >= 4 is 6.29 Å². The Labute approximate surface area is 88.4 Å². The summed E-state index contributed by atoms with van der Waals surface area (Å²) in [5.41, 5.74) is 3.15. The Hall–Kier alpha value is -1.90. The molecule has 2 rings (SSSR count). The number of rotatable bonds is 3. The topological polar surface area (TPSA) is 34.9 Å². The highest BCUT2D eigenvalue weighted by Crippen LogP contribution is 2.12. The summed E-state index contributed by atoms with van der Waals surface area (Å²) in [5, 5.41) is 0. The predicted octanol–water partition coefficient (Wildman–Crippen LogP) is 1.92. The molecule has 0 atom stereocenters. The lowest BCUT2D eigenvalue weighted by Gasteiger charge is -2.06. The van der Waals surface area contributed by atoms with Gasteiger partial charge in [0.25, 0.3) is 0 Å². The largest absolute Gasteiger partial charge is 0.303 e. The van der Waals surface area contributed by atoms with Crippen molar-refractivity contribution in [1.29, 1.82) is 0 Å². The van der Waals surface area contributed by atoms with E-state index in [2.05, 4.69) is 11.1 Å². The lowest BCUT2D eigenvalue weighted by molar-refractivity contribution is -0.107. The maximum atomic E-state index is 10.5. The first-order valence-corrected chi connectivity index (χ1v) is 4.83. The molecule has 1 aromatic carbocycles. The van der Waals surface area contributed by atoms with Crippen LogP contribution >= 0.6 is 0 Å². The number of carbonyl (C=O) groups is 1. The van der Waals surface area contributed by atoms with Crippen LogP contribution in [0.1, 0.15) is 11.3 Å². The van der Waals surface area contributed by atoms with Crippen molar-refractivity contribution in [2.45, 2.75) is 13.3 Å². The summed E-state index contributed by atoms with van der Waals surface area (Å²) in [7, 11) is 0. The summed E-state index contributed by atoms with van der Waals surface area (Å²) in [6, 6.07) is 8.11. The second-order valence-corrected chi connectivity index (χ2v) is 3.46. The van der Waals surface area contributed by atoms with Crippen LogP contribution in [0.2, 0.25) is 0 Å². The van der Waals surface area contributed by atoms with Crippen molar-refractivity contribution in [1.82, 2.24) is 9.55 Å². The molecule has 1 aromatic heterocycles. The third-order valence-corrected chi connectivity index (χ3v) is 2.29. The smallest absolute Gasteiger partial charge is 0.125 e. The molecule has 0 aliphatic carbocycles. The Kier molecular flexibility index (Phi) is 2.63. The van der Waals surface area contributed by atoms with Crippen molar-refractivity contribution in [3.63, 3.8) is 0 Å². The maximum Gasteiger partial charge on any atom is 0.125 e. The molecule has 1 heterocycles. The van der Waals surface area contributed by atoms with E-state index in [1.807, 2.05) is 29.7 Å². The minimum absolute atomic E-state index is 0.397. The Bertz CT molecular complexity index is 474. The fraction of sp³-hybridized carbons (Fsp3) is 0.167. The number of imidazole rings is 1. The summed E-state index contributed by atoms with van der Waals surface area (Å²) in [6.45, 7) is 2.04. The molecule has 0 fully saturated rings. The van der Waals surface area contributed by atoms with E-state index >= 15 is 0 Å². The van der Waals surface area contributed by atoms with Gasteiger partial charge in [-0.3, -0.25) is 0 Å². The van der Waals surface area contributed by atoms with Crippen LogP contribution in [0, 0.1) is 6.92 Å². The number of carbonyl (C=O) groups excluding carboxylic acids is 1. The van der Waals surface area contributed by atoms with Gasteiger partial charge in [0.15, 0.2) is 0 Å². The number of hydrogen-bond acceptors (Lipinski definition) is 2. The predicted molar refractivity (Wildman–Crippen MR) is 58.1 cm³/mol. The summed E-state index contributed by atoms with van der Waals surface area (Å²) < 4.78 is 1.93. The van der Waals surface area contributed by atoms with E-state index in [1.165, 1.54) is 5.56 Å². The highest BCUT2D eigenvalue weighted by molar-refractivity contribution is 5.54. The quantitative estimate of drug-likeness (QED) is 0.709. The highest BCUT2D eigenvalue weighted by Gasteiger charge is 2.03. The van der Waals surface area contributed by atoms with Crippen LogP contribution in [0.15, 0.2) is 36.8 Å². The second-order valence-electron chi connectivity index (χ2n) is 3.46. The number of aldehydes is 1. The SMILES string of the molecule is Cc1cccc(-n2cncc2CC=O)c1. The monoisotopic (exact) mass is 200 g/mol. The van der Waals surface area contributed by atoms with Gasteiger partial charge < -0.3 is 9.36 Å². The molecule has 0 saturated carbocycles. The molecule has 0 N–H and O–H groups in total. The van der Waals surface area contributed by atoms with Crippen LogP contribution in [-0.2, 0) is 11.2 Å². The number of hydrogen-bond donors (Lipinski definition) is 0. The van der Waals surface area contributed by atoms with Gasteiger partial charge in [-0.2, -0.15) is 0 Å². The minimum Gasteiger partial charge on any atom is -0.303 e. The van der Waals surface area contributed by atoms with Crippen LogP contribution in [0.3, 0.4) is 0 Å². The molecule has 0 saturated heterocycles. The molecular weight excluding hydrogens is 188 g/mol. The zero-order valence-corrected chi connectivity index (χ0v) is 8.55. The Morgan fingerprint density at radius 3 is 3.07 bits per heavy atom. The van der Waals surface area contributed by atoms with Crippen LogP contribution in [-0.4, -0.2) is 15.8 Å². The number of aryl methyl sites for hydroxylation is 1. The Balaban J connectivity index is 2.44. The average Bonchev–Trinajstić information content (AvgIpc) is 2.66. The van der Waals surface area contributed by atoms with Crippen molar-refractivity contribution in [2.24, 2.45) is 0 Å². The summed E-state index contributed by atoms with van der Waals surface area (Å²) in [6.07, 6.45) is 4.74. The molecule has 0 aliphatic rings. The lowest BCUT2D eigenvalue weighted by atomic mass is 10.2. The second kappa shape index (κ2) is 4.09. The first-order chi connectivity index (χ1) is 7.31. The van der Waals surface area contributed by atoms with E-state index in [4.69, 9.17) is 0 Å². The molecule has 15 heavy (non-hydrogen) atoms. The number of aromatic nitrogens is 2. The lowest BCUT2D eigenvalue weighted by Crippen LogP contribution is -1.99. The maximum absolute atomic E-state index is 10.5. The van der Waals surface area contributed by atoms with E-state index in [-0.39, 0.29) is 0 Å². The fourth-order valence-corrected chi connectivity index (χ4v) is 1.57. The molecule has 3 heteroatoms. The van der Waals surface area contributed by atoms with E-state index in [1.54, 1.807) is 12.5 Å². The fourth-order valence-electron chi connectivity index (χ4n) is 1.57. The molecule has 0 bridgehead atoms. The summed E-state index contributed by atoms with van der Waals surface area (Å²) in [5.74, 6) is 0. The normalized spacial score (nSPS) is 10.2. The van der Waals surface area contributed by atoms with Gasteiger partial charge in [0.1, 0.15) is 6.29 Å². The van der Waals surface area contributed by atoms with E-state index in [9.17, 15) is 4.79 Å². The van der Waals surface area contributed by atoms with Gasteiger partial charge in [-0.05, 0) is 24.6 Å². The van der Waals surface area contributed by atoms with Crippen molar-refractivity contribution in [3.05, 3.63) is 48.0 Å². The van der Waals surface area contributed by atoms with Gasteiger partial charge in [0.05, 0.1) is 6.33 Å². The first kappa shape index (κ1) is 9.65. The molecule has 0 amide bonds. The summed E-state index contributed by atoms with van der Waals surface area (Å²) in [4.78, 5) is 14.5. The molecule has 3 nitrogen and oxygen atoms in total. The van der Waals surface area contributed by atoms with Crippen LogP contribution < -0.4 is 0 Å². The minimum atomic E-state index is 0.397. The third kappa shape index (κ3) is 1.96. The molecule has 76 valence electrons. The average molecular weight is 200 g/mol. The summed E-state index contributed by atoms with van der Waals surface area (Å²) >= 11 is 0. The van der Waals surface area contributed by atoms with E-state index in [0.717, 1.165) is 17.7 Å². The third-order valence-electron chi connectivity index (χ3n) is 2.29. The molecule has 2 aromatic rings. The molecular formula is C12H12N2O. The van der Waals surface area contributed by atoms with Crippen molar-refractivity contribution in [3.8, 4) is 5.69 Å². The van der Waals surface area contributed by atoms with Crippen LogP contribution in [0.4, 0.5) is 0 Å². The molecule has 0 radical (unpaired) electrons. The Morgan fingerprint density at radius 1 is 1.47 bits per heavy atom. The molecule has 0 spiro atoms. The molecule has 0 aliphatic heterocycles. The first-order valence-electron chi connectivity index (χ1n) is 4.83. The van der Waals surface area contributed by atoms with Crippen molar-refractivity contribution < 1.29 is 4.79 Å². The van der Waals surface area contributed by atoms with Gasteiger partial charge in [0.2, 0.25) is 0 Å². The van der Waals surface area contributed by atoms with E-state index in [0.29, 0.717) is 6.42 Å². The van der Waals surface area contributed by atoms with E-state index < -0.39 is 0 Å². The molecule has 0 unspecified atom stereocenters. The van der Waals surface area contributed by atoms with Crippen LogP contribution in [0.5, 0.6) is 0 Å². The van der Waals surface area contributed by atoms with Gasteiger partial charge in [0, 0.05) is 24.0 Å². The van der Waals surface area contributed by atoms with Crippen LogP contribution in [0.25, 0.3) is 5.69 Å².